The number of hydrogen-bond donors (Lipinski definition) is 3. The number of nitrogens with zero attached hydrogens (tertiary/aromatic N) is 1. The largest absolute Gasteiger partial charge is 0.370 e. The van der Waals surface area contributed by atoms with Crippen LogP contribution in [0.3, 0.4) is 0 Å². The molecule has 5 heteroatoms. The van der Waals surface area contributed by atoms with Crippen molar-refractivity contribution in [1.82, 2.24) is 4.90 Å². The molecule has 5 nitrogen and oxygen atoms in total. The molecule has 2 atom stereocenters. The van der Waals surface area contributed by atoms with Crippen molar-refractivity contribution in [2.45, 2.75) is 32.9 Å². The van der Waals surface area contributed by atoms with Crippen molar-refractivity contribution in [2.75, 3.05) is 5.32 Å². The van der Waals surface area contributed by atoms with Gasteiger partial charge in [0.25, 0.3) is 0 Å². The van der Waals surface area contributed by atoms with Gasteiger partial charge < -0.3 is 16.0 Å². The number of carbonyl (C=O) groups is 1. The van der Waals surface area contributed by atoms with Crippen LogP contribution in [-0.2, 0) is 11.3 Å². The molecule has 1 aromatic carbocycles. The third-order valence-electron chi connectivity index (χ3n) is 3.71. The summed E-state index contributed by atoms with van der Waals surface area (Å²) in [5.41, 5.74) is 7.46. The molecule has 0 bridgehead atoms. The lowest BCUT2D eigenvalue weighted by atomic mass is 9.97. The Morgan fingerprint density at radius 2 is 2.26 bits per heavy atom. The summed E-state index contributed by atoms with van der Waals surface area (Å²) in [4.78, 5) is 14.1. The SMILES string of the molecule is CC[C@H](C)C1C(=O)Nc2ccccc2CN1C(=N)N. The summed E-state index contributed by atoms with van der Waals surface area (Å²) in [6, 6.07) is 7.25. The minimum absolute atomic E-state index is 0.0582. The number of guanidine groups is 1. The van der Waals surface area contributed by atoms with Crippen LogP contribution < -0.4 is 11.1 Å². The molecule has 102 valence electrons. The van der Waals surface area contributed by atoms with Crippen molar-refractivity contribution >= 4 is 17.6 Å². The molecule has 19 heavy (non-hydrogen) atoms. The number of amides is 1. The van der Waals surface area contributed by atoms with Gasteiger partial charge in [0, 0.05) is 12.2 Å². The lowest BCUT2D eigenvalue weighted by Gasteiger charge is -2.32. The highest BCUT2D eigenvalue weighted by Crippen LogP contribution is 2.26. The Morgan fingerprint density at radius 3 is 2.89 bits per heavy atom. The summed E-state index contributed by atoms with van der Waals surface area (Å²) in [6.07, 6.45) is 0.859. The standard InChI is InChI=1S/C14H20N4O/c1-3-9(2)12-13(19)17-11-7-5-4-6-10(11)8-18(12)14(15)16/h4-7,9,12H,3,8H2,1-2H3,(H3,15,16)(H,17,19)/t9-,12?/m0/s1. The van der Waals surface area contributed by atoms with Gasteiger partial charge in [-0.15, -0.1) is 0 Å². The molecule has 1 unspecified atom stereocenters. The topological polar surface area (TPSA) is 82.2 Å². The molecular formula is C14H20N4O. The van der Waals surface area contributed by atoms with Gasteiger partial charge in [-0.1, -0.05) is 38.5 Å². The Labute approximate surface area is 113 Å². The molecule has 0 aliphatic carbocycles. The third kappa shape index (κ3) is 2.54. The number of carbonyl (C=O) groups excluding carboxylic acids is 1. The smallest absolute Gasteiger partial charge is 0.247 e. The lowest BCUT2D eigenvalue weighted by Crippen LogP contribution is -2.51. The van der Waals surface area contributed by atoms with E-state index in [1.165, 1.54) is 0 Å². The van der Waals surface area contributed by atoms with Crippen molar-refractivity contribution in [3.8, 4) is 0 Å². The highest BCUT2D eigenvalue weighted by Gasteiger charge is 2.34. The number of hydrogen-bond acceptors (Lipinski definition) is 2. The Bertz CT molecular complexity index is 500. The Kier molecular flexibility index (Phi) is 3.74. The second kappa shape index (κ2) is 5.30. The monoisotopic (exact) mass is 260 g/mol. The summed E-state index contributed by atoms with van der Waals surface area (Å²) >= 11 is 0. The molecule has 1 aromatic rings. The zero-order valence-corrected chi connectivity index (χ0v) is 11.3. The number of benzene rings is 1. The van der Waals surface area contributed by atoms with Gasteiger partial charge >= 0.3 is 0 Å². The molecule has 0 saturated heterocycles. The first-order valence-corrected chi connectivity index (χ1v) is 6.54. The maximum absolute atomic E-state index is 12.4. The van der Waals surface area contributed by atoms with Crippen LogP contribution in [0.2, 0.25) is 0 Å². The Hall–Kier alpha value is -2.04. The number of nitrogens with one attached hydrogen (secondary N) is 2. The Balaban J connectivity index is 2.42. The number of para-hydroxylation sites is 1. The fourth-order valence-electron chi connectivity index (χ4n) is 2.43. The minimum atomic E-state index is -0.394. The van der Waals surface area contributed by atoms with Crippen LogP contribution in [0.5, 0.6) is 0 Å². The normalized spacial score (nSPS) is 20.2. The van der Waals surface area contributed by atoms with E-state index < -0.39 is 6.04 Å². The number of nitrogens with two attached hydrogens (primary N) is 1. The van der Waals surface area contributed by atoms with Gasteiger partial charge in [0.1, 0.15) is 6.04 Å². The predicted molar refractivity (Wildman–Crippen MR) is 75.8 cm³/mol. The first-order chi connectivity index (χ1) is 9.04. The number of anilines is 1. The molecule has 0 radical (unpaired) electrons. The van der Waals surface area contributed by atoms with Crippen LogP contribution in [0.1, 0.15) is 25.8 Å². The highest BCUT2D eigenvalue weighted by molar-refractivity contribution is 5.98. The first kappa shape index (κ1) is 13.4. The number of rotatable bonds is 2. The van der Waals surface area contributed by atoms with Gasteiger partial charge in [0.05, 0.1) is 0 Å². The first-order valence-electron chi connectivity index (χ1n) is 6.54. The molecule has 0 fully saturated rings. The molecule has 4 N–H and O–H groups in total. The fraction of sp³-hybridized carbons (Fsp3) is 0.429. The van der Waals surface area contributed by atoms with Crippen molar-refractivity contribution in [2.24, 2.45) is 11.7 Å². The van der Waals surface area contributed by atoms with E-state index in [2.05, 4.69) is 5.32 Å². The maximum Gasteiger partial charge on any atom is 0.247 e. The predicted octanol–water partition coefficient (Wildman–Crippen LogP) is 1.75. The van der Waals surface area contributed by atoms with E-state index in [9.17, 15) is 4.79 Å². The molecule has 1 heterocycles. The quantitative estimate of drug-likeness (QED) is 0.559. The summed E-state index contributed by atoms with van der Waals surface area (Å²) in [5, 5.41) is 10.7. The minimum Gasteiger partial charge on any atom is -0.370 e. The molecule has 1 aliphatic rings. The number of fused-ring (bicyclic) bond motifs is 1. The zero-order chi connectivity index (χ0) is 14.0. The lowest BCUT2D eigenvalue weighted by molar-refractivity contribution is -0.121. The molecule has 0 saturated carbocycles. The van der Waals surface area contributed by atoms with Gasteiger partial charge in [-0.25, -0.2) is 0 Å². The van der Waals surface area contributed by atoms with Gasteiger partial charge in [0.2, 0.25) is 5.91 Å². The fourth-order valence-corrected chi connectivity index (χ4v) is 2.43. The van der Waals surface area contributed by atoms with Crippen LogP contribution in [0.15, 0.2) is 24.3 Å². The van der Waals surface area contributed by atoms with Crippen LogP contribution in [0.25, 0.3) is 0 Å². The van der Waals surface area contributed by atoms with Crippen LogP contribution >= 0.6 is 0 Å². The summed E-state index contributed by atoms with van der Waals surface area (Å²) in [7, 11) is 0. The summed E-state index contributed by atoms with van der Waals surface area (Å²) < 4.78 is 0. The van der Waals surface area contributed by atoms with Crippen molar-refractivity contribution < 1.29 is 4.79 Å². The van der Waals surface area contributed by atoms with Crippen LogP contribution in [0.4, 0.5) is 5.69 Å². The molecule has 2 rings (SSSR count). The van der Waals surface area contributed by atoms with E-state index in [0.29, 0.717) is 6.54 Å². The molecule has 0 aromatic heterocycles. The van der Waals surface area contributed by atoms with E-state index in [0.717, 1.165) is 17.7 Å². The zero-order valence-electron chi connectivity index (χ0n) is 11.3. The third-order valence-corrected chi connectivity index (χ3v) is 3.71. The van der Waals surface area contributed by atoms with E-state index in [1.807, 2.05) is 38.1 Å². The molecule has 1 amide bonds. The Morgan fingerprint density at radius 1 is 1.58 bits per heavy atom. The van der Waals surface area contributed by atoms with E-state index in [-0.39, 0.29) is 17.8 Å². The van der Waals surface area contributed by atoms with Crippen molar-refractivity contribution in [1.29, 1.82) is 5.41 Å². The van der Waals surface area contributed by atoms with Crippen LogP contribution in [0, 0.1) is 11.3 Å². The van der Waals surface area contributed by atoms with E-state index in [1.54, 1.807) is 4.90 Å². The van der Waals surface area contributed by atoms with E-state index >= 15 is 0 Å². The van der Waals surface area contributed by atoms with Gasteiger partial charge in [0.15, 0.2) is 5.96 Å². The van der Waals surface area contributed by atoms with E-state index in [4.69, 9.17) is 11.1 Å². The summed E-state index contributed by atoms with van der Waals surface area (Å²) in [5.74, 6) is -0.00938. The van der Waals surface area contributed by atoms with Gasteiger partial charge in [-0.05, 0) is 17.5 Å². The highest BCUT2D eigenvalue weighted by atomic mass is 16.2. The van der Waals surface area contributed by atoms with Gasteiger partial charge in [-0.2, -0.15) is 0 Å². The molecule has 0 spiro atoms. The average molecular weight is 260 g/mol. The van der Waals surface area contributed by atoms with Crippen molar-refractivity contribution in [3.63, 3.8) is 0 Å². The molecular weight excluding hydrogens is 240 g/mol. The van der Waals surface area contributed by atoms with Gasteiger partial charge in [-0.3, -0.25) is 10.2 Å². The second-order valence-corrected chi connectivity index (χ2v) is 4.99. The molecule has 1 aliphatic heterocycles. The maximum atomic E-state index is 12.4. The van der Waals surface area contributed by atoms with Crippen molar-refractivity contribution in [3.05, 3.63) is 29.8 Å². The average Bonchev–Trinajstić information content (AvgIpc) is 2.53. The van der Waals surface area contributed by atoms with Crippen LogP contribution in [-0.4, -0.2) is 22.8 Å². The summed E-state index contributed by atoms with van der Waals surface area (Å²) in [6.45, 7) is 4.53. The second-order valence-electron chi connectivity index (χ2n) is 4.99.